The van der Waals surface area contributed by atoms with Gasteiger partial charge in [-0.25, -0.2) is 4.79 Å². The molecule has 0 spiro atoms. The quantitative estimate of drug-likeness (QED) is 0.563. The summed E-state index contributed by atoms with van der Waals surface area (Å²) in [5.41, 5.74) is 0.315. The fourth-order valence-corrected chi connectivity index (χ4v) is 2.86. The average molecular weight is 245 g/mol. The summed E-state index contributed by atoms with van der Waals surface area (Å²) in [6, 6.07) is 0. The van der Waals surface area contributed by atoms with Gasteiger partial charge in [-0.2, -0.15) is 4.99 Å². The highest BCUT2D eigenvalue weighted by Crippen LogP contribution is 2.35. The van der Waals surface area contributed by atoms with Crippen molar-refractivity contribution in [2.45, 2.75) is 56.9 Å². The lowest BCUT2D eigenvalue weighted by Gasteiger charge is -2.31. The molecule has 0 N–H and O–H groups in total. The zero-order chi connectivity index (χ0) is 12.8. The summed E-state index contributed by atoms with van der Waals surface area (Å²) in [5, 5.41) is 0. The Morgan fingerprint density at radius 1 is 1.28 bits per heavy atom. The van der Waals surface area contributed by atoms with Crippen LogP contribution in [0, 0.1) is 0 Å². The van der Waals surface area contributed by atoms with Crippen molar-refractivity contribution in [3.05, 3.63) is 23.8 Å². The van der Waals surface area contributed by atoms with Gasteiger partial charge in [-0.15, -0.1) is 0 Å². The zero-order valence-electron chi connectivity index (χ0n) is 10.7. The molecule has 1 saturated carbocycles. The van der Waals surface area contributed by atoms with Crippen molar-refractivity contribution in [2.75, 3.05) is 0 Å². The fourth-order valence-electron chi connectivity index (χ4n) is 2.86. The lowest BCUT2D eigenvalue weighted by molar-refractivity contribution is -0.116. The molecule has 0 atom stereocenters. The molecule has 0 aliphatic heterocycles. The molecule has 0 saturated heterocycles. The number of aliphatic imine (C=N–C) groups is 1. The molecule has 0 aromatic rings. The number of ketones is 1. The number of hydrogen-bond donors (Lipinski definition) is 0. The summed E-state index contributed by atoms with van der Waals surface area (Å²) in [4.78, 5) is 26.8. The maximum absolute atomic E-state index is 12.2. The Bertz CT molecular complexity index is 422. The van der Waals surface area contributed by atoms with Crippen LogP contribution in [0.15, 0.2) is 28.8 Å². The molecule has 0 radical (unpaired) electrons. The highest BCUT2D eigenvalue weighted by molar-refractivity contribution is 5.98. The van der Waals surface area contributed by atoms with Crippen LogP contribution in [0.4, 0.5) is 0 Å². The third kappa shape index (κ3) is 3.05. The Morgan fingerprint density at radius 2 is 2.06 bits per heavy atom. The first-order valence-electron chi connectivity index (χ1n) is 6.75. The summed E-state index contributed by atoms with van der Waals surface area (Å²) in [6.07, 6.45) is 14.8. The van der Waals surface area contributed by atoms with E-state index in [0.29, 0.717) is 6.42 Å². The number of carbonyl (C=O) groups excluding carboxylic acids is 2. The second-order valence-corrected chi connectivity index (χ2v) is 5.23. The number of carbonyl (C=O) groups is 1. The van der Waals surface area contributed by atoms with E-state index in [1.807, 2.05) is 18.2 Å². The van der Waals surface area contributed by atoms with E-state index in [0.717, 1.165) is 44.1 Å². The number of Topliss-reactive ketones (excluding diaryl/α,β-unsaturated/α-hetero) is 1. The normalized spacial score (nSPS) is 21.9. The van der Waals surface area contributed by atoms with E-state index in [1.54, 1.807) is 6.08 Å². The molecule has 96 valence electrons. The van der Waals surface area contributed by atoms with Crippen molar-refractivity contribution in [2.24, 2.45) is 4.99 Å². The van der Waals surface area contributed by atoms with E-state index < -0.39 is 5.54 Å². The number of hydrogen-bond acceptors (Lipinski definition) is 3. The Kier molecular flexibility index (Phi) is 4.27. The zero-order valence-corrected chi connectivity index (χ0v) is 10.7. The first-order chi connectivity index (χ1) is 8.76. The number of isocyanates is 1. The lowest BCUT2D eigenvalue weighted by atomic mass is 9.77. The molecule has 0 aromatic carbocycles. The molecule has 0 aromatic heterocycles. The molecular weight excluding hydrogens is 226 g/mol. The van der Waals surface area contributed by atoms with Gasteiger partial charge in [0.25, 0.3) is 0 Å². The minimum Gasteiger partial charge on any atom is -0.294 e. The van der Waals surface area contributed by atoms with Gasteiger partial charge in [-0.3, -0.25) is 4.79 Å². The summed E-state index contributed by atoms with van der Waals surface area (Å²) in [7, 11) is 0. The average Bonchev–Trinajstić information content (AvgIpc) is 2.41. The van der Waals surface area contributed by atoms with Crippen LogP contribution in [0.5, 0.6) is 0 Å². The van der Waals surface area contributed by atoms with Gasteiger partial charge >= 0.3 is 0 Å². The first kappa shape index (κ1) is 13.0. The van der Waals surface area contributed by atoms with Gasteiger partial charge in [-0.1, -0.05) is 37.5 Å². The van der Waals surface area contributed by atoms with Crippen LogP contribution in [-0.2, 0) is 9.59 Å². The SMILES string of the molecule is O=C=NC1(CC(=O)C2=CCCC=C2)CCCCC1. The fraction of sp³-hybridized carbons (Fsp3) is 0.600. The Labute approximate surface area is 108 Å². The summed E-state index contributed by atoms with van der Waals surface area (Å²) >= 11 is 0. The second kappa shape index (κ2) is 5.92. The van der Waals surface area contributed by atoms with Crippen molar-refractivity contribution >= 4 is 11.9 Å². The number of allylic oxidation sites excluding steroid dienone is 4. The third-order valence-corrected chi connectivity index (χ3v) is 3.87. The van der Waals surface area contributed by atoms with Gasteiger partial charge in [-0.05, 0) is 25.7 Å². The highest BCUT2D eigenvalue weighted by atomic mass is 16.1. The van der Waals surface area contributed by atoms with Crippen LogP contribution in [0.2, 0.25) is 0 Å². The Morgan fingerprint density at radius 3 is 2.67 bits per heavy atom. The Hall–Kier alpha value is -1.47. The van der Waals surface area contributed by atoms with Crippen LogP contribution in [0.25, 0.3) is 0 Å². The highest BCUT2D eigenvalue weighted by Gasteiger charge is 2.34. The van der Waals surface area contributed by atoms with E-state index in [9.17, 15) is 9.59 Å². The second-order valence-electron chi connectivity index (χ2n) is 5.23. The predicted octanol–water partition coefficient (Wildman–Crippen LogP) is 3.26. The molecule has 0 heterocycles. The van der Waals surface area contributed by atoms with Gasteiger partial charge in [0.1, 0.15) is 0 Å². The number of nitrogens with zero attached hydrogens (tertiary/aromatic N) is 1. The third-order valence-electron chi connectivity index (χ3n) is 3.87. The summed E-state index contributed by atoms with van der Waals surface area (Å²) < 4.78 is 0. The van der Waals surface area contributed by atoms with Crippen molar-refractivity contribution in [1.29, 1.82) is 0 Å². The van der Waals surface area contributed by atoms with E-state index in [2.05, 4.69) is 4.99 Å². The van der Waals surface area contributed by atoms with E-state index in [-0.39, 0.29) is 5.78 Å². The van der Waals surface area contributed by atoms with Crippen LogP contribution < -0.4 is 0 Å². The largest absolute Gasteiger partial charge is 0.294 e. The van der Waals surface area contributed by atoms with E-state index in [4.69, 9.17) is 0 Å². The van der Waals surface area contributed by atoms with Gasteiger partial charge < -0.3 is 0 Å². The molecule has 1 fully saturated rings. The Balaban J connectivity index is 2.09. The first-order valence-corrected chi connectivity index (χ1v) is 6.75. The molecule has 0 bridgehead atoms. The van der Waals surface area contributed by atoms with Crippen LogP contribution >= 0.6 is 0 Å². The monoisotopic (exact) mass is 245 g/mol. The summed E-state index contributed by atoms with van der Waals surface area (Å²) in [5.74, 6) is 0.117. The van der Waals surface area contributed by atoms with E-state index in [1.165, 1.54) is 6.42 Å². The molecular formula is C15H19NO2. The van der Waals surface area contributed by atoms with Crippen molar-refractivity contribution in [1.82, 2.24) is 0 Å². The van der Waals surface area contributed by atoms with Crippen molar-refractivity contribution in [3.8, 4) is 0 Å². The van der Waals surface area contributed by atoms with Crippen molar-refractivity contribution < 1.29 is 9.59 Å². The molecule has 2 aliphatic carbocycles. The van der Waals surface area contributed by atoms with E-state index >= 15 is 0 Å². The van der Waals surface area contributed by atoms with Crippen molar-refractivity contribution in [3.63, 3.8) is 0 Å². The lowest BCUT2D eigenvalue weighted by Crippen LogP contribution is -2.32. The molecule has 0 unspecified atom stereocenters. The molecule has 3 nitrogen and oxygen atoms in total. The van der Waals surface area contributed by atoms with Crippen LogP contribution in [-0.4, -0.2) is 17.4 Å². The van der Waals surface area contributed by atoms with Gasteiger partial charge in [0.05, 0.1) is 5.54 Å². The maximum atomic E-state index is 12.2. The predicted molar refractivity (Wildman–Crippen MR) is 70.0 cm³/mol. The molecule has 0 amide bonds. The minimum absolute atomic E-state index is 0.117. The van der Waals surface area contributed by atoms with Gasteiger partial charge in [0, 0.05) is 12.0 Å². The minimum atomic E-state index is -0.469. The molecule has 2 aliphatic rings. The standard InChI is InChI=1S/C15H19NO2/c17-12-16-15(9-5-2-6-10-15)11-14(18)13-7-3-1-4-8-13/h3,7-8H,1-2,4-6,9-11H2. The topological polar surface area (TPSA) is 46.5 Å². The maximum Gasteiger partial charge on any atom is 0.235 e. The van der Waals surface area contributed by atoms with Crippen LogP contribution in [0.1, 0.15) is 51.4 Å². The molecule has 18 heavy (non-hydrogen) atoms. The van der Waals surface area contributed by atoms with Crippen LogP contribution in [0.3, 0.4) is 0 Å². The molecule has 3 heteroatoms. The van der Waals surface area contributed by atoms with Gasteiger partial charge in [0.2, 0.25) is 6.08 Å². The smallest absolute Gasteiger partial charge is 0.235 e. The molecule has 2 rings (SSSR count). The van der Waals surface area contributed by atoms with Gasteiger partial charge in [0.15, 0.2) is 5.78 Å². The summed E-state index contributed by atoms with van der Waals surface area (Å²) in [6.45, 7) is 0. The number of rotatable bonds is 4.